The minimum absolute atomic E-state index is 0.0986. The molecule has 0 bridgehead atoms. The van der Waals surface area contributed by atoms with Crippen LogP contribution >= 0.6 is 0 Å². The second-order valence-electron chi connectivity index (χ2n) is 3.71. The highest BCUT2D eigenvalue weighted by Crippen LogP contribution is 2.29. The van der Waals surface area contributed by atoms with Crippen molar-refractivity contribution in [3.63, 3.8) is 0 Å². The summed E-state index contributed by atoms with van der Waals surface area (Å²) in [4.78, 5) is 19.2. The number of fused-ring (bicyclic) bond motifs is 1. The van der Waals surface area contributed by atoms with Crippen LogP contribution in [0.4, 0.5) is 11.4 Å². The van der Waals surface area contributed by atoms with E-state index in [1.54, 1.807) is 31.4 Å². The number of hydrogen-bond acceptors (Lipinski definition) is 4. The maximum absolute atomic E-state index is 11.5. The van der Waals surface area contributed by atoms with Crippen LogP contribution in [-0.4, -0.2) is 43.1 Å². The van der Waals surface area contributed by atoms with E-state index in [1.165, 1.54) is 0 Å². The Morgan fingerprint density at radius 2 is 2.47 bits per heavy atom. The molecule has 2 rings (SSSR count). The third-order valence-electron chi connectivity index (χ3n) is 2.42. The largest absolute Gasteiger partial charge is 0.365 e. The number of rotatable bonds is 2. The van der Waals surface area contributed by atoms with Crippen LogP contribution in [0.2, 0.25) is 0 Å². The molecule has 0 unspecified atom stereocenters. The summed E-state index contributed by atoms with van der Waals surface area (Å²) < 4.78 is 0. The predicted octanol–water partition coefficient (Wildman–Crippen LogP) is 0.359. The highest BCUT2D eigenvalue weighted by Gasteiger charge is 2.20. The Morgan fingerprint density at radius 1 is 1.67 bits per heavy atom. The maximum atomic E-state index is 11.5. The molecule has 5 nitrogen and oxygen atoms in total. The van der Waals surface area contributed by atoms with E-state index >= 15 is 0 Å². The Bertz CT molecular complexity index is 377. The van der Waals surface area contributed by atoms with Crippen LogP contribution in [0.5, 0.6) is 0 Å². The number of anilines is 2. The summed E-state index contributed by atoms with van der Waals surface area (Å²) in [6.07, 6.45) is 3.51. The number of amides is 1. The summed E-state index contributed by atoms with van der Waals surface area (Å²) >= 11 is 0. The first kappa shape index (κ1) is 9.76. The molecule has 1 aromatic rings. The number of nitrogens with one attached hydrogen (secondary N) is 1. The third-order valence-corrected chi connectivity index (χ3v) is 2.42. The zero-order valence-electron chi connectivity index (χ0n) is 8.90. The molecule has 1 aliphatic rings. The van der Waals surface area contributed by atoms with E-state index in [0.717, 1.165) is 11.4 Å². The van der Waals surface area contributed by atoms with Crippen molar-refractivity contribution in [2.45, 2.75) is 0 Å². The molecule has 1 N–H and O–H groups in total. The van der Waals surface area contributed by atoms with Crippen molar-refractivity contribution >= 4 is 17.3 Å². The Labute approximate surface area is 88.7 Å². The summed E-state index contributed by atoms with van der Waals surface area (Å²) in [6.45, 7) is 1.07. The lowest BCUT2D eigenvalue weighted by molar-refractivity contribution is -0.127. The van der Waals surface area contributed by atoms with Gasteiger partial charge in [0.15, 0.2) is 0 Å². The molecule has 5 heteroatoms. The third kappa shape index (κ3) is 1.86. The molecule has 0 aliphatic carbocycles. The van der Waals surface area contributed by atoms with Gasteiger partial charge < -0.3 is 15.1 Å². The fraction of sp³-hybridized carbons (Fsp3) is 0.400. The van der Waals surface area contributed by atoms with Crippen molar-refractivity contribution in [1.29, 1.82) is 0 Å². The predicted molar refractivity (Wildman–Crippen MR) is 58.8 cm³/mol. The van der Waals surface area contributed by atoms with Gasteiger partial charge in [0.25, 0.3) is 0 Å². The molecule has 0 aromatic carbocycles. The summed E-state index contributed by atoms with van der Waals surface area (Å²) in [5.74, 6) is 0.0986. The van der Waals surface area contributed by atoms with Gasteiger partial charge in [0, 0.05) is 20.3 Å². The molecular weight excluding hydrogens is 192 g/mol. The lowest BCUT2D eigenvalue weighted by Gasteiger charge is -2.19. The van der Waals surface area contributed by atoms with Crippen molar-refractivity contribution in [3.05, 3.63) is 18.5 Å². The maximum Gasteiger partial charge on any atom is 0.241 e. The zero-order valence-corrected chi connectivity index (χ0v) is 8.90. The topological polar surface area (TPSA) is 48.5 Å². The first-order chi connectivity index (χ1) is 7.18. The molecule has 0 saturated heterocycles. The second kappa shape index (κ2) is 3.76. The summed E-state index contributed by atoms with van der Waals surface area (Å²) in [6, 6.07) is 1.91. The van der Waals surface area contributed by atoms with Crippen LogP contribution in [0.3, 0.4) is 0 Å². The SMILES string of the molecule is CN(C)C(=O)CN1CNc2cnccc21. The van der Waals surface area contributed by atoms with Gasteiger partial charge in [-0.25, -0.2) is 0 Å². The van der Waals surface area contributed by atoms with Crippen LogP contribution in [0.1, 0.15) is 0 Å². The van der Waals surface area contributed by atoms with Crippen LogP contribution in [0.15, 0.2) is 18.5 Å². The monoisotopic (exact) mass is 206 g/mol. The van der Waals surface area contributed by atoms with Gasteiger partial charge in [-0.05, 0) is 6.07 Å². The number of carbonyl (C=O) groups is 1. The number of carbonyl (C=O) groups excluding carboxylic acids is 1. The molecule has 1 aliphatic heterocycles. The highest BCUT2D eigenvalue weighted by molar-refractivity contribution is 5.84. The molecule has 2 heterocycles. The molecule has 15 heavy (non-hydrogen) atoms. The summed E-state index contributed by atoms with van der Waals surface area (Å²) in [5.41, 5.74) is 2.03. The van der Waals surface area contributed by atoms with Gasteiger partial charge in [0.2, 0.25) is 5.91 Å². The number of pyridine rings is 1. The smallest absolute Gasteiger partial charge is 0.241 e. The summed E-state index contributed by atoms with van der Waals surface area (Å²) in [5, 5.41) is 3.19. The van der Waals surface area contributed by atoms with Crippen molar-refractivity contribution < 1.29 is 4.79 Å². The molecular formula is C10H14N4O. The van der Waals surface area contributed by atoms with E-state index in [-0.39, 0.29) is 5.91 Å². The molecule has 0 saturated carbocycles. The lowest BCUT2D eigenvalue weighted by Crippen LogP contribution is -2.36. The Kier molecular flexibility index (Phi) is 2.45. The quantitative estimate of drug-likeness (QED) is 0.759. The van der Waals surface area contributed by atoms with Crippen molar-refractivity contribution in [3.8, 4) is 0 Å². The van der Waals surface area contributed by atoms with Crippen LogP contribution in [0, 0.1) is 0 Å². The average Bonchev–Trinajstić information content (AvgIpc) is 2.62. The molecule has 80 valence electrons. The molecule has 0 fully saturated rings. The Morgan fingerprint density at radius 3 is 3.20 bits per heavy atom. The van der Waals surface area contributed by atoms with Crippen molar-refractivity contribution in [2.24, 2.45) is 0 Å². The van der Waals surface area contributed by atoms with E-state index < -0.39 is 0 Å². The zero-order chi connectivity index (χ0) is 10.8. The number of hydrogen-bond donors (Lipinski definition) is 1. The molecule has 0 radical (unpaired) electrons. The van der Waals surface area contributed by atoms with E-state index in [4.69, 9.17) is 0 Å². The van der Waals surface area contributed by atoms with Gasteiger partial charge in [-0.2, -0.15) is 0 Å². The van der Waals surface area contributed by atoms with E-state index in [1.807, 2.05) is 11.0 Å². The second-order valence-corrected chi connectivity index (χ2v) is 3.71. The van der Waals surface area contributed by atoms with E-state index in [9.17, 15) is 4.79 Å². The van der Waals surface area contributed by atoms with Gasteiger partial charge >= 0.3 is 0 Å². The fourth-order valence-electron chi connectivity index (χ4n) is 1.51. The van der Waals surface area contributed by atoms with Crippen LogP contribution in [0.25, 0.3) is 0 Å². The average molecular weight is 206 g/mol. The Balaban J connectivity index is 2.11. The molecule has 1 amide bonds. The first-order valence-electron chi connectivity index (χ1n) is 4.81. The van der Waals surface area contributed by atoms with Crippen molar-refractivity contribution in [1.82, 2.24) is 9.88 Å². The summed E-state index contributed by atoms with van der Waals surface area (Å²) in [7, 11) is 3.53. The van der Waals surface area contributed by atoms with E-state index in [2.05, 4.69) is 10.3 Å². The van der Waals surface area contributed by atoms with Crippen LogP contribution < -0.4 is 10.2 Å². The molecule has 0 atom stereocenters. The van der Waals surface area contributed by atoms with Crippen molar-refractivity contribution in [2.75, 3.05) is 37.5 Å². The fourth-order valence-corrected chi connectivity index (χ4v) is 1.51. The number of aromatic nitrogens is 1. The van der Waals surface area contributed by atoms with Gasteiger partial charge in [-0.15, -0.1) is 0 Å². The Hall–Kier alpha value is -1.78. The number of nitrogens with zero attached hydrogens (tertiary/aromatic N) is 3. The van der Waals surface area contributed by atoms with E-state index in [0.29, 0.717) is 13.2 Å². The lowest BCUT2D eigenvalue weighted by atomic mass is 10.3. The number of likely N-dealkylation sites (N-methyl/N-ethyl adjacent to an activating group) is 1. The minimum atomic E-state index is 0.0986. The normalized spacial score (nSPS) is 13.3. The highest BCUT2D eigenvalue weighted by atomic mass is 16.2. The van der Waals surface area contributed by atoms with Gasteiger partial charge in [0.05, 0.1) is 30.8 Å². The van der Waals surface area contributed by atoms with Crippen LogP contribution in [-0.2, 0) is 4.79 Å². The first-order valence-corrected chi connectivity index (χ1v) is 4.81. The standard InChI is InChI=1S/C10H14N4O/c1-13(2)10(15)6-14-7-12-8-5-11-4-3-9(8)14/h3-5,12H,6-7H2,1-2H3. The van der Waals surface area contributed by atoms with Gasteiger partial charge in [-0.3, -0.25) is 9.78 Å². The molecule has 1 aromatic heterocycles. The molecule has 0 spiro atoms. The van der Waals surface area contributed by atoms with Gasteiger partial charge in [-0.1, -0.05) is 0 Å². The minimum Gasteiger partial charge on any atom is -0.365 e. The van der Waals surface area contributed by atoms with Gasteiger partial charge in [0.1, 0.15) is 0 Å².